The Balaban J connectivity index is 1.67. The van der Waals surface area contributed by atoms with Gasteiger partial charge < -0.3 is 9.80 Å². The highest BCUT2D eigenvalue weighted by Crippen LogP contribution is 2.21. The van der Waals surface area contributed by atoms with Crippen molar-refractivity contribution in [3.63, 3.8) is 0 Å². The fourth-order valence-electron chi connectivity index (χ4n) is 2.37. The molecular formula is C14H15ClN4. The van der Waals surface area contributed by atoms with Crippen LogP contribution in [0.25, 0.3) is 0 Å². The van der Waals surface area contributed by atoms with Crippen molar-refractivity contribution >= 4 is 23.0 Å². The van der Waals surface area contributed by atoms with Gasteiger partial charge in [-0.1, -0.05) is 11.6 Å². The summed E-state index contributed by atoms with van der Waals surface area (Å²) in [7, 11) is 0. The molecule has 1 aliphatic heterocycles. The molecule has 0 bridgehead atoms. The first-order chi connectivity index (χ1) is 9.33. The molecule has 0 N–H and O–H groups in total. The topological polar surface area (TPSA) is 32.3 Å². The van der Waals surface area contributed by atoms with Gasteiger partial charge in [0.05, 0.1) is 0 Å². The van der Waals surface area contributed by atoms with Crippen LogP contribution in [0.15, 0.2) is 42.9 Å². The van der Waals surface area contributed by atoms with E-state index < -0.39 is 0 Å². The number of pyridine rings is 2. The molecule has 2 aromatic rings. The Morgan fingerprint density at radius 2 is 1.42 bits per heavy atom. The first kappa shape index (κ1) is 12.2. The Morgan fingerprint density at radius 1 is 0.842 bits per heavy atom. The molecule has 3 rings (SSSR count). The Bertz CT molecular complexity index is 538. The van der Waals surface area contributed by atoms with Gasteiger partial charge in [-0.3, -0.25) is 4.98 Å². The maximum atomic E-state index is 5.93. The third kappa shape index (κ3) is 2.79. The summed E-state index contributed by atoms with van der Waals surface area (Å²) < 4.78 is 0. The molecule has 1 saturated heterocycles. The first-order valence-corrected chi connectivity index (χ1v) is 6.72. The molecule has 0 spiro atoms. The SMILES string of the molecule is Clc1cc(N2CCN(c3ccncc3)CC2)ccn1. The van der Waals surface area contributed by atoms with Gasteiger partial charge in [-0.2, -0.15) is 0 Å². The Labute approximate surface area is 117 Å². The standard InChI is InChI=1S/C14H15ClN4/c15-14-11-13(3-6-17-14)19-9-7-18(8-10-19)12-1-4-16-5-2-12/h1-6,11H,7-10H2. The van der Waals surface area contributed by atoms with E-state index in [0.717, 1.165) is 31.9 Å². The van der Waals surface area contributed by atoms with Crippen LogP contribution in [0, 0.1) is 0 Å². The molecule has 98 valence electrons. The first-order valence-electron chi connectivity index (χ1n) is 6.34. The van der Waals surface area contributed by atoms with Crippen LogP contribution in [0.2, 0.25) is 5.15 Å². The summed E-state index contributed by atoms with van der Waals surface area (Å²) in [4.78, 5) is 12.8. The predicted octanol–water partition coefficient (Wildman–Crippen LogP) is 2.46. The molecule has 0 aromatic carbocycles. The maximum absolute atomic E-state index is 5.93. The summed E-state index contributed by atoms with van der Waals surface area (Å²) in [6.45, 7) is 3.99. The number of aromatic nitrogens is 2. The molecule has 0 atom stereocenters. The van der Waals surface area contributed by atoms with E-state index in [1.165, 1.54) is 5.69 Å². The smallest absolute Gasteiger partial charge is 0.131 e. The van der Waals surface area contributed by atoms with Crippen molar-refractivity contribution in [3.8, 4) is 0 Å². The predicted molar refractivity (Wildman–Crippen MR) is 77.9 cm³/mol. The van der Waals surface area contributed by atoms with Gasteiger partial charge in [0.2, 0.25) is 0 Å². The van der Waals surface area contributed by atoms with Crippen LogP contribution < -0.4 is 9.80 Å². The highest BCUT2D eigenvalue weighted by atomic mass is 35.5. The summed E-state index contributed by atoms with van der Waals surface area (Å²) in [5.74, 6) is 0. The third-order valence-corrected chi connectivity index (χ3v) is 3.59. The van der Waals surface area contributed by atoms with Gasteiger partial charge >= 0.3 is 0 Å². The molecule has 0 unspecified atom stereocenters. The third-order valence-electron chi connectivity index (χ3n) is 3.38. The van der Waals surface area contributed by atoms with Crippen LogP contribution in [-0.2, 0) is 0 Å². The highest BCUT2D eigenvalue weighted by Gasteiger charge is 2.17. The lowest BCUT2D eigenvalue weighted by Crippen LogP contribution is -2.46. The second-order valence-electron chi connectivity index (χ2n) is 4.52. The molecule has 3 heterocycles. The molecule has 19 heavy (non-hydrogen) atoms. The lowest BCUT2D eigenvalue weighted by molar-refractivity contribution is 0.653. The van der Waals surface area contributed by atoms with Gasteiger partial charge in [0.15, 0.2) is 0 Å². The van der Waals surface area contributed by atoms with Crippen LogP contribution in [0.3, 0.4) is 0 Å². The Hall–Kier alpha value is -1.81. The second-order valence-corrected chi connectivity index (χ2v) is 4.90. The fraction of sp³-hybridized carbons (Fsp3) is 0.286. The van der Waals surface area contributed by atoms with E-state index in [2.05, 4.69) is 31.9 Å². The van der Waals surface area contributed by atoms with E-state index >= 15 is 0 Å². The van der Waals surface area contributed by atoms with Gasteiger partial charge in [-0.15, -0.1) is 0 Å². The van der Waals surface area contributed by atoms with Gasteiger partial charge in [-0.05, 0) is 24.3 Å². The average Bonchev–Trinajstić information content (AvgIpc) is 2.48. The monoisotopic (exact) mass is 274 g/mol. The highest BCUT2D eigenvalue weighted by molar-refractivity contribution is 6.29. The number of hydrogen-bond acceptors (Lipinski definition) is 4. The summed E-state index contributed by atoms with van der Waals surface area (Å²) in [5, 5.41) is 0.550. The van der Waals surface area contributed by atoms with Crippen LogP contribution in [-0.4, -0.2) is 36.1 Å². The van der Waals surface area contributed by atoms with Crippen LogP contribution >= 0.6 is 11.6 Å². The summed E-state index contributed by atoms with van der Waals surface area (Å²) in [6.07, 6.45) is 5.43. The number of piperazine rings is 1. The summed E-state index contributed by atoms with van der Waals surface area (Å²) in [6, 6.07) is 8.04. The van der Waals surface area contributed by atoms with Crippen molar-refractivity contribution in [2.45, 2.75) is 0 Å². The largest absolute Gasteiger partial charge is 0.368 e. The van der Waals surface area contributed by atoms with E-state index in [9.17, 15) is 0 Å². The van der Waals surface area contributed by atoms with Crippen LogP contribution in [0.5, 0.6) is 0 Å². The molecule has 0 aliphatic carbocycles. The zero-order valence-corrected chi connectivity index (χ0v) is 11.3. The molecule has 4 nitrogen and oxygen atoms in total. The van der Waals surface area contributed by atoms with E-state index in [-0.39, 0.29) is 0 Å². The van der Waals surface area contributed by atoms with Crippen molar-refractivity contribution in [2.24, 2.45) is 0 Å². The number of nitrogens with zero attached hydrogens (tertiary/aromatic N) is 4. The lowest BCUT2D eigenvalue weighted by Gasteiger charge is -2.37. The minimum Gasteiger partial charge on any atom is -0.368 e. The zero-order valence-electron chi connectivity index (χ0n) is 10.5. The van der Waals surface area contributed by atoms with Crippen molar-refractivity contribution in [3.05, 3.63) is 48.0 Å². The van der Waals surface area contributed by atoms with Crippen molar-refractivity contribution in [1.29, 1.82) is 0 Å². The van der Waals surface area contributed by atoms with Gasteiger partial charge in [-0.25, -0.2) is 4.98 Å². The lowest BCUT2D eigenvalue weighted by atomic mass is 10.2. The number of halogens is 1. The van der Waals surface area contributed by atoms with E-state index in [0.29, 0.717) is 5.15 Å². The Morgan fingerprint density at radius 3 is 2.05 bits per heavy atom. The van der Waals surface area contributed by atoms with E-state index in [1.54, 1.807) is 6.20 Å². The van der Waals surface area contributed by atoms with Gasteiger partial charge in [0.1, 0.15) is 5.15 Å². The molecule has 0 radical (unpaired) electrons. The molecular weight excluding hydrogens is 260 g/mol. The van der Waals surface area contributed by atoms with Crippen molar-refractivity contribution in [2.75, 3.05) is 36.0 Å². The molecule has 5 heteroatoms. The normalized spacial score (nSPS) is 15.6. The average molecular weight is 275 g/mol. The van der Waals surface area contributed by atoms with Crippen LogP contribution in [0.4, 0.5) is 11.4 Å². The van der Waals surface area contributed by atoms with Crippen LogP contribution in [0.1, 0.15) is 0 Å². The van der Waals surface area contributed by atoms with E-state index in [1.807, 2.05) is 24.5 Å². The zero-order chi connectivity index (χ0) is 13.1. The van der Waals surface area contributed by atoms with Crippen molar-refractivity contribution < 1.29 is 0 Å². The van der Waals surface area contributed by atoms with Gasteiger partial charge in [0.25, 0.3) is 0 Å². The van der Waals surface area contributed by atoms with Gasteiger partial charge in [0, 0.05) is 56.1 Å². The van der Waals surface area contributed by atoms with E-state index in [4.69, 9.17) is 11.6 Å². The number of anilines is 2. The molecule has 0 amide bonds. The minimum absolute atomic E-state index is 0.550. The second kappa shape index (κ2) is 5.45. The molecule has 0 saturated carbocycles. The molecule has 1 fully saturated rings. The molecule has 2 aromatic heterocycles. The Kier molecular flexibility index (Phi) is 3.51. The number of hydrogen-bond donors (Lipinski definition) is 0. The summed E-state index contributed by atoms with van der Waals surface area (Å²) in [5.41, 5.74) is 2.39. The maximum Gasteiger partial charge on any atom is 0.131 e. The quantitative estimate of drug-likeness (QED) is 0.788. The number of rotatable bonds is 2. The minimum atomic E-state index is 0.550. The van der Waals surface area contributed by atoms with Crippen molar-refractivity contribution in [1.82, 2.24) is 9.97 Å². The molecule has 1 aliphatic rings. The fourth-order valence-corrected chi connectivity index (χ4v) is 2.53. The summed E-state index contributed by atoms with van der Waals surface area (Å²) >= 11 is 5.93.